The van der Waals surface area contributed by atoms with E-state index < -0.39 is 21.7 Å². The zero-order chi connectivity index (χ0) is 20.5. The van der Waals surface area contributed by atoms with E-state index in [0.29, 0.717) is 21.1 Å². The molecule has 3 aromatic rings. The average molecular weight is 423 g/mol. The lowest BCUT2D eigenvalue weighted by Crippen LogP contribution is -2.14. The van der Waals surface area contributed by atoms with Gasteiger partial charge in [-0.15, -0.1) is 11.3 Å². The number of carbonyl (C=O) groups excluding carboxylic acids is 1. The number of carbonyl (C=O) groups is 1. The van der Waals surface area contributed by atoms with Crippen molar-refractivity contribution >= 4 is 38.6 Å². The zero-order valence-corrected chi connectivity index (χ0v) is 16.4. The normalized spacial score (nSPS) is 11.3. The van der Waals surface area contributed by atoms with Crippen LogP contribution < -0.4 is 10.0 Å². The Labute approximate surface area is 164 Å². The molecule has 0 atom stereocenters. The van der Waals surface area contributed by atoms with Crippen molar-refractivity contribution in [2.24, 2.45) is 0 Å². The maximum Gasteiger partial charge on any atom is 0.267 e. The summed E-state index contributed by atoms with van der Waals surface area (Å²) < 4.78 is 51.5. The number of hydrogen-bond donors (Lipinski definition) is 2. The number of nitrogens with zero attached hydrogens (tertiary/aromatic N) is 1. The van der Waals surface area contributed by atoms with Crippen LogP contribution in [0.5, 0.6) is 0 Å². The number of aromatic nitrogens is 1. The molecule has 0 aliphatic heterocycles. The van der Waals surface area contributed by atoms with Gasteiger partial charge in [-0.3, -0.25) is 9.52 Å². The second-order valence-electron chi connectivity index (χ2n) is 5.96. The predicted octanol–water partition coefficient (Wildman–Crippen LogP) is 4.02. The third kappa shape index (κ3) is 4.70. The Morgan fingerprint density at radius 1 is 1.11 bits per heavy atom. The van der Waals surface area contributed by atoms with Crippen molar-refractivity contribution in [1.82, 2.24) is 4.98 Å². The first-order valence-corrected chi connectivity index (χ1v) is 10.7. The number of sulfonamides is 1. The molecule has 0 aliphatic carbocycles. The quantitative estimate of drug-likeness (QED) is 0.649. The van der Waals surface area contributed by atoms with Gasteiger partial charge in [-0.25, -0.2) is 22.2 Å². The van der Waals surface area contributed by atoms with Gasteiger partial charge in [0.25, 0.3) is 5.91 Å². The van der Waals surface area contributed by atoms with Gasteiger partial charge in [0.2, 0.25) is 10.0 Å². The molecule has 10 heteroatoms. The second kappa shape index (κ2) is 7.64. The van der Waals surface area contributed by atoms with Gasteiger partial charge in [-0.05, 0) is 49.4 Å². The van der Waals surface area contributed by atoms with E-state index in [2.05, 4.69) is 10.3 Å². The van der Waals surface area contributed by atoms with Crippen molar-refractivity contribution in [2.75, 3.05) is 16.3 Å². The SMILES string of the molecule is Cc1nc(-c2ccc(F)cc2)sc1C(=O)Nc1ccc(F)c(NS(C)(=O)=O)c1. The Kier molecular flexibility index (Phi) is 5.43. The number of rotatable bonds is 5. The average Bonchev–Trinajstić information content (AvgIpc) is 2.99. The van der Waals surface area contributed by atoms with E-state index in [1.165, 1.54) is 24.3 Å². The molecule has 6 nitrogen and oxygen atoms in total. The van der Waals surface area contributed by atoms with E-state index >= 15 is 0 Å². The molecule has 0 radical (unpaired) electrons. The fourth-order valence-electron chi connectivity index (χ4n) is 2.39. The van der Waals surface area contributed by atoms with Gasteiger partial charge in [0.1, 0.15) is 21.5 Å². The summed E-state index contributed by atoms with van der Waals surface area (Å²) >= 11 is 1.13. The number of hydrogen-bond acceptors (Lipinski definition) is 5. The molecule has 0 spiro atoms. The molecule has 1 heterocycles. The molecule has 0 saturated carbocycles. The molecule has 28 heavy (non-hydrogen) atoms. The Bertz CT molecular complexity index is 1140. The fraction of sp³-hybridized carbons (Fsp3) is 0.111. The molecular weight excluding hydrogens is 408 g/mol. The smallest absolute Gasteiger partial charge is 0.267 e. The molecule has 1 aromatic heterocycles. The largest absolute Gasteiger partial charge is 0.321 e. The van der Waals surface area contributed by atoms with Gasteiger partial charge in [-0.1, -0.05) is 0 Å². The maximum absolute atomic E-state index is 13.8. The van der Waals surface area contributed by atoms with Crippen molar-refractivity contribution in [1.29, 1.82) is 0 Å². The van der Waals surface area contributed by atoms with Crippen LogP contribution in [0.3, 0.4) is 0 Å². The standard InChI is InChI=1S/C18H15F2N3O3S2/c1-10-16(27-18(21-10)11-3-5-12(19)6-4-11)17(24)22-13-7-8-14(20)15(9-13)23-28(2,25)26/h3-9,23H,1-2H3,(H,22,24). The highest BCUT2D eigenvalue weighted by molar-refractivity contribution is 7.92. The Hall–Kier alpha value is -2.85. The Morgan fingerprint density at radius 3 is 2.43 bits per heavy atom. The monoisotopic (exact) mass is 423 g/mol. The highest BCUT2D eigenvalue weighted by Gasteiger charge is 2.17. The number of halogens is 2. The van der Waals surface area contributed by atoms with Gasteiger partial charge in [0.15, 0.2) is 0 Å². The van der Waals surface area contributed by atoms with Crippen LogP contribution in [0.4, 0.5) is 20.2 Å². The lowest BCUT2D eigenvalue weighted by molar-refractivity contribution is 0.103. The predicted molar refractivity (Wildman–Crippen MR) is 105 cm³/mol. The fourth-order valence-corrected chi connectivity index (χ4v) is 3.91. The number of amides is 1. The number of aryl methyl sites for hydroxylation is 1. The maximum atomic E-state index is 13.8. The van der Waals surface area contributed by atoms with Crippen LogP contribution >= 0.6 is 11.3 Å². The van der Waals surface area contributed by atoms with Crippen LogP contribution in [0, 0.1) is 18.6 Å². The lowest BCUT2D eigenvalue weighted by Gasteiger charge is -2.09. The first-order chi connectivity index (χ1) is 13.1. The van der Waals surface area contributed by atoms with Crippen molar-refractivity contribution < 1.29 is 22.0 Å². The highest BCUT2D eigenvalue weighted by atomic mass is 32.2. The number of anilines is 2. The molecular formula is C18H15F2N3O3S2. The third-order valence-corrected chi connectivity index (χ3v) is 5.41. The van der Waals surface area contributed by atoms with Gasteiger partial charge in [-0.2, -0.15) is 0 Å². The molecule has 0 aliphatic rings. The van der Waals surface area contributed by atoms with E-state index in [4.69, 9.17) is 0 Å². The molecule has 0 fully saturated rings. The number of benzene rings is 2. The van der Waals surface area contributed by atoms with Crippen molar-refractivity contribution in [2.45, 2.75) is 6.92 Å². The topological polar surface area (TPSA) is 88.2 Å². The summed E-state index contributed by atoms with van der Waals surface area (Å²) in [5, 5.41) is 3.15. The molecule has 0 bridgehead atoms. The van der Waals surface area contributed by atoms with Gasteiger partial charge in [0, 0.05) is 11.3 Å². The first kappa shape index (κ1) is 19.9. The minimum atomic E-state index is -3.67. The third-order valence-electron chi connectivity index (χ3n) is 3.61. The van der Waals surface area contributed by atoms with Crippen LogP contribution in [0.25, 0.3) is 10.6 Å². The summed E-state index contributed by atoms with van der Waals surface area (Å²) in [5.41, 5.74) is 1.11. The molecule has 3 rings (SSSR count). The van der Waals surface area contributed by atoms with Gasteiger partial charge < -0.3 is 5.32 Å². The van der Waals surface area contributed by atoms with Crippen molar-refractivity contribution in [3.63, 3.8) is 0 Å². The van der Waals surface area contributed by atoms with Gasteiger partial charge >= 0.3 is 0 Å². The number of thiazole rings is 1. The van der Waals surface area contributed by atoms with E-state index in [9.17, 15) is 22.0 Å². The molecule has 0 unspecified atom stereocenters. The Balaban J connectivity index is 1.84. The highest BCUT2D eigenvalue weighted by Crippen LogP contribution is 2.29. The Morgan fingerprint density at radius 2 is 1.79 bits per heavy atom. The van der Waals surface area contributed by atoms with E-state index in [1.807, 2.05) is 4.72 Å². The van der Waals surface area contributed by atoms with Crippen LogP contribution in [0.2, 0.25) is 0 Å². The van der Waals surface area contributed by atoms with E-state index in [1.54, 1.807) is 19.1 Å². The van der Waals surface area contributed by atoms with Gasteiger partial charge in [0.05, 0.1) is 17.6 Å². The molecule has 0 saturated heterocycles. The number of nitrogens with one attached hydrogen (secondary N) is 2. The minimum Gasteiger partial charge on any atom is -0.321 e. The summed E-state index contributed by atoms with van der Waals surface area (Å²) in [6.45, 7) is 1.67. The summed E-state index contributed by atoms with van der Waals surface area (Å²) in [5.74, 6) is -1.61. The summed E-state index contributed by atoms with van der Waals surface area (Å²) in [6, 6.07) is 9.30. The van der Waals surface area contributed by atoms with Crippen molar-refractivity contribution in [3.8, 4) is 10.6 Å². The summed E-state index contributed by atoms with van der Waals surface area (Å²) in [4.78, 5) is 17.3. The van der Waals surface area contributed by atoms with Crippen LogP contribution in [-0.4, -0.2) is 25.6 Å². The van der Waals surface area contributed by atoms with Crippen LogP contribution in [0.1, 0.15) is 15.4 Å². The summed E-state index contributed by atoms with van der Waals surface area (Å²) in [6.07, 6.45) is 0.898. The first-order valence-electron chi connectivity index (χ1n) is 7.94. The molecule has 2 aromatic carbocycles. The van der Waals surface area contributed by atoms with Crippen molar-refractivity contribution in [3.05, 3.63) is 64.7 Å². The zero-order valence-electron chi connectivity index (χ0n) is 14.8. The van der Waals surface area contributed by atoms with Crippen LogP contribution in [-0.2, 0) is 10.0 Å². The molecule has 2 N–H and O–H groups in total. The molecule has 146 valence electrons. The minimum absolute atomic E-state index is 0.216. The second-order valence-corrected chi connectivity index (χ2v) is 8.71. The van der Waals surface area contributed by atoms with E-state index in [0.717, 1.165) is 23.7 Å². The lowest BCUT2D eigenvalue weighted by atomic mass is 10.2. The van der Waals surface area contributed by atoms with E-state index in [-0.39, 0.29) is 17.2 Å². The van der Waals surface area contributed by atoms with Crippen LogP contribution in [0.15, 0.2) is 42.5 Å². The summed E-state index contributed by atoms with van der Waals surface area (Å²) in [7, 11) is -3.67. The molecule has 1 amide bonds.